The number of fused-ring (bicyclic) bond motifs is 1. The highest BCUT2D eigenvalue weighted by molar-refractivity contribution is 6.09. The van der Waals surface area contributed by atoms with Crippen molar-refractivity contribution in [2.24, 2.45) is 0 Å². The summed E-state index contributed by atoms with van der Waals surface area (Å²) in [5.41, 5.74) is 2.43. The topological polar surface area (TPSA) is 82.6 Å². The molecule has 8 nitrogen and oxygen atoms in total. The molecule has 29 heavy (non-hydrogen) atoms. The Kier molecular flexibility index (Phi) is 7.37. The van der Waals surface area contributed by atoms with Gasteiger partial charge in [-0.05, 0) is 44.6 Å². The fraction of sp³-hybridized carbons (Fsp3) is 0.476. The summed E-state index contributed by atoms with van der Waals surface area (Å²) in [6.45, 7) is 6.16. The molecule has 0 radical (unpaired) electrons. The van der Waals surface area contributed by atoms with E-state index in [2.05, 4.69) is 20.6 Å². The number of anilines is 3. The van der Waals surface area contributed by atoms with Crippen LogP contribution in [0.25, 0.3) is 0 Å². The molecule has 1 aromatic carbocycles. The Morgan fingerprint density at radius 2 is 2.14 bits per heavy atom. The fourth-order valence-electron chi connectivity index (χ4n) is 3.26. The molecule has 0 unspecified atom stereocenters. The van der Waals surface area contributed by atoms with Gasteiger partial charge in [0, 0.05) is 45.2 Å². The molecule has 8 heteroatoms. The summed E-state index contributed by atoms with van der Waals surface area (Å²) in [7, 11) is 3.89. The quantitative estimate of drug-likeness (QED) is 0.626. The molecule has 2 N–H and O–H groups in total. The Balaban J connectivity index is 1.77. The van der Waals surface area contributed by atoms with Crippen molar-refractivity contribution in [1.29, 1.82) is 0 Å². The monoisotopic (exact) mass is 398 g/mol. The maximum absolute atomic E-state index is 13.3. The number of ether oxygens (including phenoxy) is 1. The third-order valence-corrected chi connectivity index (χ3v) is 4.81. The largest absolute Gasteiger partial charge is 0.377 e. The number of hydrogen-bond acceptors (Lipinski definition) is 7. The van der Waals surface area contributed by atoms with E-state index >= 15 is 0 Å². The first kappa shape index (κ1) is 21.0. The summed E-state index contributed by atoms with van der Waals surface area (Å²) in [6, 6.07) is 7.97. The Hall–Kier alpha value is -2.71. The van der Waals surface area contributed by atoms with E-state index < -0.39 is 0 Å². The number of nitrogens with zero attached hydrogens (tertiary/aromatic N) is 4. The van der Waals surface area contributed by atoms with E-state index in [-0.39, 0.29) is 5.91 Å². The van der Waals surface area contributed by atoms with Gasteiger partial charge in [0.25, 0.3) is 5.91 Å². The molecule has 1 aliphatic rings. The highest BCUT2D eigenvalue weighted by Gasteiger charge is 2.28. The van der Waals surface area contributed by atoms with Crippen molar-refractivity contribution in [2.75, 3.05) is 62.0 Å². The van der Waals surface area contributed by atoms with Gasteiger partial charge in [0.15, 0.2) is 0 Å². The molecule has 0 spiro atoms. The molecule has 0 saturated carbocycles. The lowest BCUT2D eigenvalue weighted by Crippen LogP contribution is -2.33. The summed E-state index contributed by atoms with van der Waals surface area (Å²) < 4.78 is 5.75. The van der Waals surface area contributed by atoms with Crippen LogP contribution >= 0.6 is 0 Å². The number of nitrogens with one attached hydrogen (secondary N) is 2. The molecule has 156 valence electrons. The molecule has 0 atom stereocenters. The van der Waals surface area contributed by atoms with Crippen LogP contribution in [0, 0.1) is 0 Å². The lowest BCUT2D eigenvalue weighted by molar-refractivity contribution is 0.0989. The van der Waals surface area contributed by atoms with Crippen molar-refractivity contribution in [1.82, 2.24) is 15.3 Å². The van der Waals surface area contributed by atoms with Crippen LogP contribution in [0.5, 0.6) is 0 Å². The molecule has 0 saturated heterocycles. The summed E-state index contributed by atoms with van der Waals surface area (Å²) in [5.74, 6) is 1.11. The Bertz CT molecular complexity index is 829. The van der Waals surface area contributed by atoms with Gasteiger partial charge in [-0.1, -0.05) is 12.1 Å². The normalized spacial score (nSPS) is 14.0. The van der Waals surface area contributed by atoms with Crippen molar-refractivity contribution in [3.63, 3.8) is 0 Å². The number of aromatic nitrogens is 2. The second-order valence-electron chi connectivity index (χ2n) is 7.02. The van der Waals surface area contributed by atoms with Crippen molar-refractivity contribution in [3.8, 4) is 0 Å². The zero-order valence-corrected chi connectivity index (χ0v) is 17.4. The molecular weight excluding hydrogens is 368 g/mol. The fourth-order valence-corrected chi connectivity index (χ4v) is 3.26. The summed E-state index contributed by atoms with van der Waals surface area (Å²) in [5, 5.41) is 6.21. The van der Waals surface area contributed by atoms with Gasteiger partial charge < -0.3 is 25.2 Å². The lowest BCUT2D eigenvalue weighted by Gasteiger charge is -2.21. The van der Waals surface area contributed by atoms with Crippen LogP contribution in [0.2, 0.25) is 0 Å². The Morgan fingerprint density at radius 1 is 1.28 bits per heavy atom. The SMILES string of the molecule is CCNc1ncc2c(n1)N(C)CCN(c1cccc(COCCCNC)c1)C2=O. The third kappa shape index (κ3) is 5.21. The minimum Gasteiger partial charge on any atom is -0.377 e. The lowest BCUT2D eigenvalue weighted by atomic mass is 10.1. The first-order valence-electron chi connectivity index (χ1n) is 10.1. The van der Waals surface area contributed by atoms with Crippen molar-refractivity contribution in [3.05, 3.63) is 41.6 Å². The molecule has 3 rings (SSSR count). The van der Waals surface area contributed by atoms with E-state index in [4.69, 9.17) is 4.74 Å². The van der Waals surface area contributed by atoms with E-state index in [0.29, 0.717) is 43.6 Å². The van der Waals surface area contributed by atoms with Crippen LogP contribution in [0.1, 0.15) is 29.3 Å². The van der Waals surface area contributed by atoms with E-state index in [1.54, 1.807) is 11.1 Å². The van der Waals surface area contributed by atoms with Gasteiger partial charge >= 0.3 is 0 Å². The molecule has 2 heterocycles. The number of benzene rings is 1. The molecule has 0 bridgehead atoms. The number of carbonyl (C=O) groups excluding carboxylic acids is 1. The van der Waals surface area contributed by atoms with Gasteiger partial charge in [-0.15, -0.1) is 0 Å². The van der Waals surface area contributed by atoms with Crippen LogP contribution in [0.3, 0.4) is 0 Å². The Labute approximate surface area is 172 Å². The molecule has 1 aliphatic heterocycles. The zero-order valence-electron chi connectivity index (χ0n) is 17.4. The van der Waals surface area contributed by atoms with Crippen molar-refractivity contribution < 1.29 is 9.53 Å². The number of carbonyl (C=O) groups is 1. The van der Waals surface area contributed by atoms with Gasteiger partial charge in [-0.2, -0.15) is 4.98 Å². The first-order valence-corrected chi connectivity index (χ1v) is 10.1. The molecule has 0 aliphatic carbocycles. The maximum atomic E-state index is 13.3. The minimum atomic E-state index is -0.0838. The smallest absolute Gasteiger partial charge is 0.263 e. The van der Waals surface area contributed by atoms with E-state index in [0.717, 1.165) is 30.8 Å². The van der Waals surface area contributed by atoms with Gasteiger partial charge in [-0.3, -0.25) is 4.79 Å². The van der Waals surface area contributed by atoms with E-state index in [1.807, 2.05) is 50.2 Å². The molecule has 2 aromatic rings. The van der Waals surface area contributed by atoms with Crippen molar-refractivity contribution >= 4 is 23.4 Å². The number of rotatable bonds is 9. The standard InChI is InChI=1S/C21H30N6O2/c1-4-23-21-24-14-18-19(25-21)26(3)10-11-27(20(18)28)17-8-5-7-16(13-17)15-29-12-6-9-22-2/h5,7-8,13-14,22H,4,6,9-12,15H2,1-3H3,(H,23,24,25). The van der Waals surface area contributed by atoms with Crippen LogP contribution < -0.4 is 20.4 Å². The third-order valence-electron chi connectivity index (χ3n) is 4.81. The number of likely N-dealkylation sites (N-methyl/N-ethyl adjacent to an activating group) is 1. The highest BCUT2D eigenvalue weighted by Crippen LogP contribution is 2.26. The van der Waals surface area contributed by atoms with Crippen LogP contribution in [0.15, 0.2) is 30.5 Å². The van der Waals surface area contributed by atoms with Crippen molar-refractivity contribution in [2.45, 2.75) is 20.0 Å². The first-order chi connectivity index (χ1) is 14.1. The maximum Gasteiger partial charge on any atom is 0.263 e. The van der Waals surface area contributed by atoms with Crippen LogP contribution in [0.4, 0.5) is 17.5 Å². The number of amides is 1. The average molecular weight is 399 g/mol. The van der Waals surface area contributed by atoms with E-state index in [1.165, 1.54) is 0 Å². The van der Waals surface area contributed by atoms with E-state index in [9.17, 15) is 4.79 Å². The number of hydrogen-bond donors (Lipinski definition) is 2. The summed E-state index contributed by atoms with van der Waals surface area (Å²) in [6.07, 6.45) is 2.59. The van der Waals surface area contributed by atoms with Gasteiger partial charge in [0.1, 0.15) is 11.4 Å². The van der Waals surface area contributed by atoms with Gasteiger partial charge in [0.05, 0.1) is 6.61 Å². The molecule has 1 aromatic heterocycles. The highest BCUT2D eigenvalue weighted by atomic mass is 16.5. The van der Waals surface area contributed by atoms with Crippen LogP contribution in [-0.2, 0) is 11.3 Å². The average Bonchev–Trinajstić information content (AvgIpc) is 2.85. The molecular formula is C21H30N6O2. The minimum absolute atomic E-state index is 0.0838. The summed E-state index contributed by atoms with van der Waals surface area (Å²) >= 11 is 0. The Morgan fingerprint density at radius 3 is 2.93 bits per heavy atom. The van der Waals surface area contributed by atoms with Gasteiger partial charge in [-0.25, -0.2) is 4.98 Å². The summed E-state index contributed by atoms with van der Waals surface area (Å²) in [4.78, 5) is 25.9. The molecule has 1 amide bonds. The van der Waals surface area contributed by atoms with Crippen LogP contribution in [-0.4, -0.2) is 62.8 Å². The second-order valence-corrected chi connectivity index (χ2v) is 7.02. The predicted octanol–water partition coefficient (Wildman–Crippen LogP) is 2.13. The van der Waals surface area contributed by atoms with Gasteiger partial charge in [0.2, 0.25) is 5.95 Å². The second kappa shape index (κ2) is 10.2. The molecule has 0 fully saturated rings. The predicted molar refractivity (Wildman–Crippen MR) is 116 cm³/mol. The zero-order chi connectivity index (χ0) is 20.6.